The van der Waals surface area contributed by atoms with Gasteiger partial charge in [0.25, 0.3) is 0 Å². The molecule has 0 unspecified atom stereocenters. The smallest absolute Gasteiger partial charge is 0.164 e. The Morgan fingerprint density at radius 2 is 1.92 bits per heavy atom. The average Bonchev–Trinajstić information content (AvgIpc) is 3.15. The van der Waals surface area contributed by atoms with E-state index < -0.39 is 0 Å². The minimum absolute atomic E-state index is 0.220. The van der Waals surface area contributed by atoms with Gasteiger partial charge in [0.2, 0.25) is 0 Å². The summed E-state index contributed by atoms with van der Waals surface area (Å²) in [5.74, 6) is 2.63. The summed E-state index contributed by atoms with van der Waals surface area (Å²) in [4.78, 5) is 0. The maximum absolute atomic E-state index is 10.4. The van der Waals surface area contributed by atoms with Gasteiger partial charge in [-0.3, -0.25) is 0 Å². The number of ether oxygens (including phenoxy) is 3. The van der Waals surface area contributed by atoms with Gasteiger partial charge in [0, 0.05) is 23.1 Å². The van der Waals surface area contributed by atoms with Crippen LogP contribution in [0.15, 0.2) is 30.3 Å². The molecule has 2 aromatic rings. The molecule has 4 nitrogen and oxygen atoms in total. The van der Waals surface area contributed by atoms with E-state index in [-0.39, 0.29) is 17.3 Å². The SMILES string of the molecule is COc1ccc([C@@]23CCC[C@@H]2c2c(cc(OC)c(O)c2C)O3)cc1. The van der Waals surface area contributed by atoms with Crippen LogP contribution in [0.25, 0.3) is 0 Å². The molecule has 0 amide bonds. The summed E-state index contributed by atoms with van der Waals surface area (Å²) in [5, 5.41) is 10.4. The molecule has 0 spiro atoms. The highest BCUT2D eigenvalue weighted by molar-refractivity contribution is 5.61. The molecule has 1 aliphatic heterocycles. The molecule has 4 heteroatoms. The number of rotatable bonds is 3. The van der Waals surface area contributed by atoms with Gasteiger partial charge < -0.3 is 19.3 Å². The number of methoxy groups -OCH3 is 2. The van der Waals surface area contributed by atoms with Gasteiger partial charge in [0.05, 0.1) is 14.2 Å². The van der Waals surface area contributed by atoms with Gasteiger partial charge in [-0.05, 0) is 43.9 Å². The minimum atomic E-state index is -0.349. The lowest BCUT2D eigenvalue weighted by Crippen LogP contribution is -2.30. The fourth-order valence-electron chi connectivity index (χ4n) is 4.39. The molecule has 1 N–H and O–H groups in total. The highest BCUT2D eigenvalue weighted by Gasteiger charge is 2.53. The van der Waals surface area contributed by atoms with Gasteiger partial charge in [0.1, 0.15) is 17.1 Å². The molecule has 2 aliphatic rings. The van der Waals surface area contributed by atoms with Crippen molar-refractivity contribution in [3.05, 3.63) is 47.0 Å². The van der Waals surface area contributed by atoms with Crippen LogP contribution < -0.4 is 14.2 Å². The van der Waals surface area contributed by atoms with Crippen LogP contribution in [-0.2, 0) is 5.60 Å². The molecule has 2 aromatic carbocycles. The van der Waals surface area contributed by atoms with Crippen LogP contribution in [0.3, 0.4) is 0 Å². The Morgan fingerprint density at radius 3 is 2.58 bits per heavy atom. The van der Waals surface area contributed by atoms with Crippen molar-refractivity contribution in [1.29, 1.82) is 0 Å². The number of phenols is 1. The largest absolute Gasteiger partial charge is 0.504 e. The van der Waals surface area contributed by atoms with Crippen LogP contribution >= 0.6 is 0 Å². The first-order valence-corrected chi connectivity index (χ1v) is 8.34. The van der Waals surface area contributed by atoms with Crippen LogP contribution in [0.1, 0.15) is 41.9 Å². The highest BCUT2D eigenvalue weighted by atomic mass is 16.5. The number of benzene rings is 2. The second-order valence-electron chi connectivity index (χ2n) is 6.63. The van der Waals surface area contributed by atoms with E-state index in [1.54, 1.807) is 14.2 Å². The number of phenolic OH excluding ortho intramolecular Hbond substituents is 1. The molecule has 126 valence electrons. The molecule has 0 aromatic heterocycles. The standard InChI is InChI=1S/C20H22O4/c1-12-18-15-5-4-10-20(15,13-6-8-14(22-2)9-7-13)24-16(18)11-17(23-3)19(12)21/h6-9,11,15,21H,4-5,10H2,1-3H3/t15-,20+/m1/s1. The first kappa shape index (κ1) is 15.2. The van der Waals surface area contributed by atoms with E-state index in [1.807, 2.05) is 25.1 Å². The Kier molecular flexibility index (Phi) is 3.37. The van der Waals surface area contributed by atoms with Crippen molar-refractivity contribution in [2.45, 2.75) is 37.7 Å². The number of hydrogen-bond acceptors (Lipinski definition) is 4. The summed E-state index contributed by atoms with van der Waals surface area (Å²) in [6.45, 7) is 1.95. The third-order valence-corrected chi connectivity index (χ3v) is 5.56. The Morgan fingerprint density at radius 1 is 1.17 bits per heavy atom. The van der Waals surface area contributed by atoms with Gasteiger partial charge in [-0.25, -0.2) is 0 Å². The van der Waals surface area contributed by atoms with E-state index in [2.05, 4.69) is 12.1 Å². The molecule has 1 aliphatic carbocycles. The van der Waals surface area contributed by atoms with Crippen LogP contribution in [0.5, 0.6) is 23.0 Å². The monoisotopic (exact) mass is 326 g/mol. The van der Waals surface area contributed by atoms with Crippen molar-refractivity contribution in [3.8, 4) is 23.0 Å². The van der Waals surface area contributed by atoms with E-state index in [4.69, 9.17) is 14.2 Å². The zero-order valence-corrected chi connectivity index (χ0v) is 14.3. The lowest BCUT2D eigenvalue weighted by molar-refractivity contribution is 0.0838. The molecular formula is C20H22O4. The lowest BCUT2D eigenvalue weighted by Gasteiger charge is -2.30. The summed E-state index contributed by atoms with van der Waals surface area (Å²) in [6, 6.07) is 9.97. The first-order chi connectivity index (χ1) is 11.6. The molecule has 0 saturated heterocycles. The molecule has 0 radical (unpaired) electrons. The number of hydrogen-bond donors (Lipinski definition) is 1. The highest BCUT2D eigenvalue weighted by Crippen LogP contribution is 2.61. The van der Waals surface area contributed by atoms with Crippen molar-refractivity contribution >= 4 is 0 Å². The number of fused-ring (bicyclic) bond motifs is 3. The van der Waals surface area contributed by atoms with Crippen LogP contribution in [0.4, 0.5) is 0 Å². The second kappa shape index (κ2) is 5.33. The normalized spacial score (nSPS) is 24.2. The molecule has 4 rings (SSSR count). The Hall–Kier alpha value is -2.36. The van der Waals surface area contributed by atoms with E-state index in [1.165, 1.54) is 5.56 Å². The Labute approximate surface area is 142 Å². The van der Waals surface area contributed by atoms with Crippen LogP contribution in [-0.4, -0.2) is 19.3 Å². The predicted molar refractivity (Wildman–Crippen MR) is 91.3 cm³/mol. The predicted octanol–water partition coefficient (Wildman–Crippen LogP) is 4.27. The second-order valence-corrected chi connectivity index (χ2v) is 6.63. The van der Waals surface area contributed by atoms with E-state index >= 15 is 0 Å². The lowest BCUT2D eigenvalue weighted by atomic mass is 9.80. The zero-order chi connectivity index (χ0) is 16.9. The topological polar surface area (TPSA) is 47.9 Å². The molecular weight excluding hydrogens is 304 g/mol. The maximum atomic E-state index is 10.4. The Bertz CT molecular complexity index is 781. The van der Waals surface area contributed by atoms with Crippen molar-refractivity contribution in [3.63, 3.8) is 0 Å². The van der Waals surface area contributed by atoms with E-state index in [0.29, 0.717) is 5.75 Å². The summed E-state index contributed by atoms with van der Waals surface area (Å²) >= 11 is 0. The summed E-state index contributed by atoms with van der Waals surface area (Å²) < 4.78 is 17.1. The summed E-state index contributed by atoms with van der Waals surface area (Å²) in [7, 11) is 3.24. The summed E-state index contributed by atoms with van der Waals surface area (Å²) in [6.07, 6.45) is 3.15. The average molecular weight is 326 g/mol. The van der Waals surface area contributed by atoms with Crippen LogP contribution in [0, 0.1) is 6.92 Å². The molecule has 1 saturated carbocycles. The summed E-state index contributed by atoms with van der Waals surface area (Å²) in [5.41, 5.74) is 2.81. The molecule has 0 bridgehead atoms. The number of aromatic hydroxyl groups is 1. The first-order valence-electron chi connectivity index (χ1n) is 8.34. The van der Waals surface area contributed by atoms with Gasteiger partial charge in [-0.15, -0.1) is 0 Å². The van der Waals surface area contributed by atoms with Crippen molar-refractivity contribution in [2.75, 3.05) is 14.2 Å². The maximum Gasteiger partial charge on any atom is 0.164 e. The van der Waals surface area contributed by atoms with Crippen molar-refractivity contribution < 1.29 is 19.3 Å². The molecule has 1 fully saturated rings. The van der Waals surface area contributed by atoms with E-state index in [9.17, 15) is 5.11 Å². The molecule has 24 heavy (non-hydrogen) atoms. The van der Waals surface area contributed by atoms with Gasteiger partial charge in [-0.1, -0.05) is 12.1 Å². The van der Waals surface area contributed by atoms with Crippen molar-refractivity contribution in [1.82, 2.24) is 0 Å². The molecule has 1 heterocycles. The van der Waals surface area contributed by atoms with Gasteiger partial charge in [0.15, 0.2) is 11.5 Å². The molecule has 2 atom stereocenters. The van der Waals surface area contributed by atoms with Crippen LogP contribution in [0.2, 0.25) is 0 Å². The third-order valence-electron chi connectivity index (χ3n) is 5.56. The van der Waals surface area contributed by atoms with Gasteiger partial charge in [-0.2, -0.15) is 0 Å². The Balaban J connectivity index is 1.84. The third kappa shape index (κ3) is 1.92. The minimum Gasteiger partial charge on any atom is -0.504 e. The fraction of sp³-hybridized carbons (Fsp3) is 0.400. The quantitative estimate of drug-likeness (QED) is 0.915. The zero-order valence-electron chi connectivity index (χ0n) is 14.3. The van der Waals surface area contributed by atoms with Crippen molar-refractivity contribution in [2.24, 2.45) is 0 Å². The fourth-order valence-corrected chi connectivity index (χ4v) is 4.39. The van der Waals surface area contributed by atoms with E-state index in [0.717, 1.165) is 41.9 Å². The van der Waals surface area contributed by atoms with Gasteiger partial charge >= 0.3 is 0 Å².